The molecule has 0 heterocycles. The molecule has 1 atom stereocenters. The number of benzene rings is 2. The highest BCUT2D eigenvalue weighted by molar-refractivity contribution is 5.38. The first-order valence-corrected chi connectivity index (χ1v) is 8.04. The highest BCUT2D eigenvalue weighted by Gasteiger charge is 2.14. The second kappa shape index (κ2) is 7.42. The number of nitrogens with one attached hydrogen (secondary N) is 1. The predicted molar refractivity (Wildman–Crippen MR) is 91.9 cm³/mol. The van der Waals surface area contributed by atoms with E-state index < -0.39 is 0 Å². The van der Waals surface area contributed by atoms with Crippen molar-refractivity contribution in [3.05, 3.63) is 70.3 Å². The van der Waals surface area contributed by atoms with E-state index in [0.717, 1.165) is 13.0 Å². The first-order valence-electron chi connectivity index (χ1n) is 8.04. The molecular weight excluding hydrogens is 254 g/mol. The average molecular weight is 281 g/mol. The summed E-state index contributed by atoms with van der Waals surface area (Å²) in [5.41, 5.74) is 6.83. The quantitative estimate of drug-likeness (QED) is 0.789. The molecule has 1 nitrogen and oxygen atoms in total. The summed E-state index contributed by atoms with van der Waals surface area (Å²) in [5, 5.41) is 3.64. The van der Waals surface area contributed by atoms with Gasteiger partial charge in [-0.05, 0) is 43.5 Å². The summed E-state index contributed by atoms with van der Waals surface area (Å²) in [4.78, 5) is 0. The maximum atomic E-state index is 3.64. The van der Waals surface area contributed by atoms with Crippen molar-refractivity contribution in [1.82, 2.24) is 5.32 Å². The van der Waals surface area contributed by atoms with E-state index >= 15 is 0 Å². The summed E-state index contributed by atoms with van der Waals surface area (Å²) < 4.78 is 0. The van der Waals surface area contributed by atoms with Crippen LogP contribution in [0.15, 0.2) is 42.5 Å². The second-order valence-corrected chi connectivity index (χ2v) is 5.91. The Morgan fingerprint density at radius 3 is 2.24 bits per heavy atom. The van der Waals surface area contributed by atoms with Crippen LogP contribution in [0.2, 0.25) is 0 Å². The smallest absolute Gasteiger partial charge is 0.0576 e. The van der Waals surface area contributed by atoms with Crippen LogP contribution in [-0.4, -0.2) is 6.54 Å². The SMILES string of the molecule is CCCc1cccc(C(NCC)c2cc(C)cc(C)c2)c1. The van der Waals surface area contributed by atoms with Gasteiger partial charge in [-0.25, -0.2) is 0 Å². The lowest BCUT2D eigenvalue weighted by Gasteiger charge is -2.21. The molecule has 0 aromatic heterocycles. The summed E-state index contributed by atoms with van der Waals surface area (Å²) in [5.74, 6) is 0. The van der Waals surface area contributed by atoms with E-state index in [1.165, 1.54) is 34.2 Å². The zero-order valence-electron chi connectivity index (χ0n) is 13.7. The molecular formula is C20H27N. The largest absolute Gasteiger partial charge is 0.307 e. The lowest BCUT2D eigenvalue weighted by atomic mass is 9.94. The van der Waals surface area contributed by atoms with Gasteiger partial charge in [0.1, 0.15) is 0 Å². The van der Waals surface area contributed by atoms with Crippen LogP contribution < -0.4 is 5.32 Å². The van der Waals surface area contributed by atoms with Gasteiger partial charge in [-0.2, -0.15) is 0 Å². The van der Waals surface area contributed by atoms with Gasteiger partial charge in [-0.3, -0.25) is 0 Å². The summed E-state index contributed by atoms with van der Waals surface area (Å²) in [6.07, 6.45) is 2.35. The maximum absolute atomic E-state index is 3.64. The number of hydrogen-bond acceptors (Lipinski definition) is 1. The standard InChI is InChI=1S/C20H27N/c1-5-8-17-9-7-10-18(14-17)20(21-6-2)19-12-15(3)11-16(4)13-19/h7,9-14,20-21H,5-6,8H2,1-4H3. The lowest BCUT2D eigenvalue weighted by molar-refractivity contribution is 0.629. The monoisotopic (exact) mass is 281 g/mol. The van der Waals surface area contributed by atoms with Crippen LogP contribution in [0.25, 0.3) is 0 Å². The number of rotatable bonds is 6. The van der Waals surface area contributed by atoms with E-state index in [-0.39, 0.29) is 6.04 Å². The van der Waals surface area contributed by atoms with Crippen LogP contribution in [-0.2, 0) is 6.42 Å². The third-order valence-electron chi connectivity index (χ3n) is 3.81. The highest BCUT2D eigenvalue weighted by atomic mass is 14.9. The first-order chi connectivity index (χ1) is 10.1. The maximum Gasteiger partial charge on any atom is 0.0576 e. The minimum atomic E-state index is 0.283. The molecule has 1 heteroatoms. The van der Waals surface area contributed by atoms with Crippen LogP contribution in [0.1, 0.15) is 54.1 Å². The minimum absolute atomic E-state index is 0.283. The third kappa shape index (κ3) is 4.18. The molecule has 0 radical (unpaired) electrons. The van der Waals surface area contributed by atoms with Crippen molar-refractivity contribution < 1.29 is 0 Å². The molecule has 0 fully saturated rings. The predicted octanol–water partition coefficient (Wildman–Crippen LogP) is 4.95. The molecule has 1 N–H and O–H groups in total. The zero-order valence-corrected chi connectivity index (χ0v) is 13.7. The zero-order chi connectivity index (χ0) is 15.2. The number of aryl methyl sites for hydroxylation is 3. The van der Waals surface area contributed by atoms with Gasteiger partial charge in [0.25, 0.3) is 0 Å². The Morgan fingerprint density at radius 1 is 0.905 bits per heavy atom. The van der Waals surface area contributed by atoms with Crippen molar-refractivity contribution in [3.63, 3.8) is 0 Å². The van der Waals surface area contributed by atoms with E-state index in [2.05, 4.69) is 75.5 Å². The molecule has 0 bridgehead atoms. The molecule has 112 valence electrons. The molecule has 2 rings (SSSR count). The van der Waals surface area contributed by atoms with Gasteiger partial charge in [0, 0.05) is 0 Å². The van der Waals surface area contributed by atoms with E-state index in [9.17, 15) is 0 Å². The van der Waals surface area contributed by atoms with E-state index in [1.54, 1.807) is 0 Å². The molecule has 21 heavy (non-hydrogen) atoms. The van der Waals surface area contributed by atoms with E-state index in [1.807, 2.05) is 0 Å². The van der Waals surface area contributed by atoms with E-state index in [4.69, 9.17) is 0 Å². The highest BCUT2D eigenvalue weighted by Crippen LogP contribution is 2.25. The molecule has 0 aliphatic heterocycles. The Bertz CT molecular complexity index is 566. The molecule has 2 aromatic rings. The van der Waals surface area contributed by atoms with Gasteiger partial charge in [-0.1, -0.05) is 73.9 Å². The van der Waals surface area contributed by atoms with E-state index in [0.29, 0.717) is 0 Å². The average Bonchev–Trinajstić information content (AvgIpc) is 2.44. The summed E-state index contributed by atoms with van der Waals surface area (Å²) in [7, 11) is 0. The molecule has 0 saturated heterocycles. The topological polar surface area (TPSA) is 12.0 Å². The molecule has 0 aliphatic carbocycles. The van der Waals surface area contributed by atoms with Crippen LogP contribution in [0.3, 0.4) is 0 Å². The fourth-order valence-electron chi connectivity index (χ4n) is 3.03. The van der Waals surface area contributed by atoms with Crippen molar-refractivity contribution >= 4 is 0 Å². The molecule has 0 amide bonds. The van der Waals surface area contributed by atoms with Gasteiger partial charge in [-0.15, -0.1) is 0 Å². The van der Waals surface area contributed by atoms with Crippen molar-refractivity contribution in [2.75, 3.05) is 6.54 Å². The summed E-state index contributed by atoms with van der Waals surface area (Å²) >= 11 is 0. The Hall–Kier alpha value is -1.60. The van der Waals surface area contributed by atoms with Crippen LogP contribution in [0.4, 0.5) is 0 Å². The van der Waals surface area contributed by atoms with Gasteiger partial charge >= 0.3 is 0 Å². The second-order valence-electron chi connectivity index (χ2n) is 5.91. The van der Waals surface area contributed by atoms with Crippen molar-refractivity contribution in [2.45, 2.75) is 46.6 Å². The molecule has 0 saturated carbocycles. The fraction of sp³-hybridized carbons (Fsp3) is 0.400. The van der Waals surface area contributed by atoms with Crippen molar-refractivity contribution in [2.24, 2.45) is 0 Å². The normalized spacial score (nSPS) is 12.4. The summed E-state index contributed by atoms with van der Waals surface area (Å²) in [6.45, 7) is 9.72. The van der Waals surface area contributed by atoms with Crippen LogP contribution in [0.5, 0.6) is 0 Å². The number of hydrogen-bond donors (Lipinski definition) is 1. The Labute approximate surface area is 129 Å². The molecule has 1 unspecified atom stereocenters. The minimum Gasteiger partial charge on any atom is -0.307 e. The van der Waals surface area contributed by atoms with Gasteiger partial charge in [0.05, 0.1) is 6.04 Å². The van der Waals surface area contributed by atoms with Gasteiger partial charge in [0.2, 0.25) is 0 Å². The van der Waals surface area contributed by atoms with Gasteiger partial charge < -0.3 is 5.32 Å². The summed E-state index contributed by atoms with van der Waals surface area (Å²) in [6, 6.07) is 16.1. The fourth-order valence-corrected chi connectivity index (χ4v) is 3.03. The third-order valence-corrected chi connectivity index (χ3v) is 3.81. The van der Waals surface area contributed by atoms with Crippen molar-refractivity contribution in [3.8, 4) is 0 Å². The van der Waals surface area contributed by atoms with Gasteiger partial charge in [0.15, 0.2) is 0 Å². The van der Waals surface area contributed by atoms with Crippen molar-refractivity contribution in [1.29, 1.82) is 0 Å². The molecule has 0 spiro atoms. The first kappa shape index (κ1) is 15.8. The Morgan fingerprint density at radius 2 is 1.62 bits per heavy atom. The lowest BCUT2D eigenvalue weighted by Crippen LogP contribution is -2.22. The molecule has 0 aliphatic rings. The Kier molecular flexibility index (Phi) is 5.58. The Balaban J connectivity index is 2.40. The molecule has 2 aromatic carbocycles. The van der Waals surface area contributed by atoms with Crippen LogP contribution in [0, 0.1) is 13.8 Å². The van der Waals surface area contributed by atoms with Crippen LogP contribution >= 0.6 is 0 Å².